The molecule has 1 aromatic heterocycles. The molecule has 1 aliphatic heterocycles. The highest BCUT2D eigenvalue weighted by molar-refractivity contribution is 5.99. The quantitative estimate of drug-likeness (QED) is 0.0174. The average molecular weight is 1520 g/mol. The minimum absolute atomic E-state index is 0.0581. The maximum atomic E-state index is 14.1. The number of aromatic nitrogens is 2. The standard InChI is InChI=1S/C71H90N16O22/c1-37(2)61(86-68(105)51(27-41-10-18-46(91)19-11-41)83-69(106)55-5-4-24-87(55)59(96)30-72)70(107)78-38(3)62(99)82-52(29-43-31-73-36-77-43)63(100)75-32-56(93)74-33-57(94)79-50(26-40-8-16-45(90)17-9-40)67(104)85-54(35-88)64(101)76-34-58(95)80-49(25-39-6-14-44(89)15-7-39)66(103)81-48(22-23-60(97)98)65(102)84-53(71(108)109)28-42-12-20-47(92)21-13-42/h6-21,31,36-38,48-55,61,88-92H,4-5,22-30,32-35,72H2,1-3H3,(H,73,77)(H,74,93)(H,75,100)(H,76,101)(H,78,107)(H,79,94)(H,80,95)(H,81,103)(H,82,99)(H,83,106)(H,84,102)(H,85,104)(H,86,105)(H,97,98)(H,108,109)/t38-,48-,49-,50-,51-,52-,53-,54-,55-,61-/m0/s1. The van der Waals surface area contributed by atoms with Gasteiger partial charge in [0.1, 0.15) is 83.4 Å². The number of likely N-dealkylation sites (tertiary alicyclic amines) is 1. The number of phenols is 4. The predicted molar refractivity (Wildman–Crippen MR) is 382 cm³/mol. The second-order valence-electron chi connectivity index (χ2n) is 25.9. The third kappa shape index (κ3) is 27.9. The lowest BCUT2D eigenvalue weighted by molar-refractivity contribution is -0.143. The summed E-state index contributed by atoms with van der Waals surface area (Å²) in [4.78, 5) is 209. The molecule has 22 N–H and O–H groups in total. The third-order valence-electron chi connectivity index (χ3n) is 17.1. The third-order valence-corrected chi connectivity index (χ3v) is 17.1. The molecule has 1 saturated heterocycles. The van der Waals surface area contributed by atoms with Gasteiger partial charge in [0.2, 0.25) is 76.8 Å². The fourth-order valence-electron chi connectivity index (χ4n) is 11.2. The zero-order valence-electron chi connectivity index (χ0n) is 59.6. The van der Waals surface area contributed by atoms with Gasteiger partial charge in [-0.1, -0.05) is 62.4 Å². The van der Waals surface area contributed by atoms with Gasteiger partial charge in [0.05, 0.1) is 44.8 Å². The van der Waals surface area contributed by atoms with Crippen molar-refractivity contribution in [1.29, 1.82) is 0 Å². The van der Waals surface area contributed by atoms with Crippen molar-refractivity contribution in [2.75, 3.05) is 39.3 Å². The van der Waals surface area contributed by atoms with Crippen molar-refractivity contribution in [1.82, 2.24) is 78.7 Å². The highest BCUT2D eigenvalue weighted by atomic mass is 16.4. The van der Waals surface area contributed by atoms with E-state index in [9.17, 15) is 108 Å². The molecule has 1 fully saturated rings. The molecule has 0 unspecified atom stereocenters. The van der Waals surface area contributed by atoms with Crippen LogP contribution in [-0.4, -0.2) is 239 Å². The van der Waals surface area contributed by atoms with Crippen molar-refractivity contribution in [3.05, 3.63) is 138 Å². The molecule has 10 atom stereocenters. The summed E-state index contributed by atoms with van der Waals surface area (Å²) in [6.07, 6.45) is 0.934. The Balaban J connectivity index is 1.04. The van der Waals surface area contributed by atoms with Gasteiger partial charge in [0, 0.05) is 51.3 Å². The number of H-pyrrole nitrogens is 1. The highest BCUT2D eigenvalue weighted by Crippen LogP contribution is 2.20. The number of nitrogens with zero attached hydrogens (tertiary/aromatic N) is 2. The molecule has 2 heterocycles. The van der Waals surface area contributed by atoms with Crippen LogP contribution in [0.4, 0.5) is 0 Å². The van der Waals surface area contributed by atoms with E-state index in [0.717, 1.165) is 0 Å². The van der Waals surface area contributed by atoms with Crippen LogP contribution in [0.25, 0.3) is 0 Å². The maximum absolute atomic E-state index is 14.1. The van der Waals surface area contributed by atoms with Crippen molar-refractivity contribution < 1.29 is 108 Å². The van der Waals surface area contributed by atoms with Crippen molar-refractivity contribution in [2.45, 2.75) is 139 Å². The molecule has 6 rings (SSSR count). The zero-order valence-corrected chi connectivity index (χ0v) is 59.6. The van der Waals surface area contributed by atoms with Gasteiger partial charge in [-0.15, -0.1) is 0 Å². The van der Waals surface area contributed by atoms with E-state index in [4.69, 9.17) is 5.73 Å². The fourth-order valence-corrected chi connectivity index (χ4v) is 11.2. The van der Waals surface area contributed by atoms with Gasteiger partial charge in [-0.3, -0.25) is 67.1 Å². The molecule has 5 aromatic rings. The average Bonchev–Trinajstić information content (AvgIpc) is 1.77. The Labute approximate surface area is 623 Å². The van der Waals surface area contributed by atoms with Gasteiger partial charge in [-0.2, -0.15) is 0 Å². The number of carbonyl (C=O) groups is 15. The van der Waals surface area contributed by atoms with Crippen LogP contribution in [0.5, 0.6) is 23.0 Å². The molecular formula is C71H90N16O22. The summed E-state index contributed by atoms with van der Waals surface area (Å²) in [6.45, 7) is 0.764. The summed E-state index contributed by atoms with van der Waals surface area (Å²) in [5.74, 6) is -16.1. The largest absolute Gasteiger partial charge is 0.508 e. The molecule has 13 amide bonds. The van der Waals surface area contributed by atoms with Crippen LogP contribution in [0, 0.1) is 5.92 Å². The summed E-state index contributed by atoms with van der Waals surface area (Å²) < 4.78 is 0. The van der Waals surface area contributed by atoms with Crippen LogP contribution in [0.15, 0.2) is 110 Å². The van der Waals surface area contributed by atoms with E-state index in [1.807, 2.05) is 0 Å². The zero-order chi connectivity index (χ0) is 80.0. The first-order valence-corrected chi connectivity index (χ1v) is 34.5. The molecule has 4 aromatic carbocycles. The van der Waals surface area contributed by atoms with Crippen molar-refractivity contribution in [3.8, 4) is 23.0 Å². The van der Waals surface area contributed by atoms with Crippen LogP contribution < -0.4 is 69.5 Å². The van der Waals surface area contributed by atoms with E-state index in [0.29, 0.717) is 35.1 Å². The van der Waals surface area contributed by atoms with Crippen LogP contribution in [-0.2, 0) is 104 Å². The molecular weight excluding hydrogens is 1430 g/mol. The first-order chi connectivity index (χ1) is 51.8. The number of aliphatic hydroxyl groups excluding tert-OH is 1. The van der Waals surface area contributed by atoms with E-state index in [2.05, 4.69) is 73.8 Å². The predicted octanol–water partition coefficient (Wildman–Crippen LogP) is -4.98. The number of carboxylic acid groups (broad SMARTS) is 2. The van der Waals surface area contributed by atoms with Crippen molar-refractivity contribution in [2.24, 2.45) is 11.7 Å². The molecule has 0 bridgehead atoms. The topological polar surface area (TPSA) is 600 Å². The number of hydrogen-bond donors (Lipinski definition) is 21. The van der Waals surface area contributed by atoms with E-state index in [1.165, 1.54) is 121 Å². The molecule has 0 aliphatic carbocycles. The lowest BCUT2D eigenvalue weighted by Crippen LogP contribution is -2.60. The van der Waals surface area contributed by atoms with Gasteiger partial charge < -0.3 is 115 Å². The monoisotopic (exact) mass is 1520 g/mol. The second-order valence-corrected chi connectivity index (χ2v) is 25.9. The van der Waals surface area contributed by atoms with Crippen molar-refractivity contribution in [3.63, 3.8) is 0 Å². The first kappa shape index (κ1) is 85.2. The number of aliphatic carboxylic acids is 2. The summed E-state index contributed by atoms with van der Waals surface area (Å²) >= 11 is 0. The van der Waals surface area contributed by atoms with E-state index >= 15 is 0 Å². The van der Waals surface area contributed by atoms with Gasteiger partial charge in [-0.05, 0) is 103 Å². The van der Waals surface area contributed by atoms with Gasteiger partial charge in [-0.25, -0.2) is 9.78 Å². The molecule has 0 saturated carbocycles. The highest BCUT2D eigenvalue weighted by Gasteiger charge is 2.38. The van der Waals surface area contributed by atoms with Gasteiger partial charge in [0.15, 0.2) is 0 Å². The number of aliphatic hydroxyl groups is 1. The van der Waals surface area contributed by atoms with Crippen LogP contribution in [0.2, 0.25) is 0 Å². The maximum Gasteiger partial charge on any atom is 0.326 e. The molecule has 0 radical (unpaired) electrons. The summed E-state index contributed by atoms with van der Waals surface area (Å²) in [6, 6.07) is 7.09. The molecule has 586 valence electrons. The fraction of sp³-hybridized carbons (Fsp3) is 0.408. The Bertz CT molecular complexity index is 4020. The van der Waals surface area contributed by atoms with E-state index in [-0.39, 0.29) is 73.9 Å². The minimum Gasteiger partial charge on any atom is -0.508 e. The number of aromatic hydroxyl groups is 4. The minimum atomic E-state index is -1.84. The summed E-state index contributed by atoms with van der Waals surface area (Å²) in [7, 11) is 0. The Kier molecular flexibility index (Phi) is 32.7. The number of benzene rings is 4. The number of phenolic OH excluding ortho intramolecular Hbond substituents is 4. The van der Waals surface area contributed by atoms with Crippen LogP contribution >= 0.6 is 0 Å². The molecule has 1 aliphatic rings. The van der Waals surface area contributed by atoms with Gasteiger partial charge in [0.25, 0.3) is 0 Å². The molecule has 0 spiro atoms. The van der Waals surface area contributed by atoms with E-state index in [1.54, 1.807) is 13.8 Å². The number of rotatable bonds is 41. The number of nitrogens with one attached hydrogen (secondary N) is 13. The Morgan fingerprint density at radius 1 is 0.477 bits per heavy atom. The Hall–Kier alpha value is -12.7. The lowest BCUT2D eigenvalue weighted by Gasteiger charge is -2.29. The first-order valence-electron chi connectivity index (χ1n) is 34.5. The SMILES string of the molecule is CC(C)[C@H](NC(=O)[C@H](Cc1ccc(O)cc1)NC(=O)[C@@H]1CCCN1C(=O)CN)C(=O)N[C@@H](C)C(=O)N[C@@H](Cc1c[nH]cn1)C(=O)NCC(=O)NCC(=O)N[C@@H](Cc1ccc(O)cc1)C(=O)N[C@@H](CO)C(=O)NCC(=O)N[C@@H](Cc1ccc(O)cc1)C(=O)N[C@@H](CCC(=O)O)C(=O)N[C@@H](Cc1ccc(O)cc1)C(=O)O. The number of hydrogen-bond acceptors (Lipinski definition) is 22. The number of amides is 13. The number of carbonyl (C=O) groups excluding carboxylic acids is 13. The molecule has 109 heavy (non-hydrogen) atoms. The smallest absolute Gasteiger partial charge is 0.326 e. The van der Waals surface area contributed by atoms with Crippen LogP contribution in [0.1, 0.15) is 74.4 Å². The normalized spacial score (nSPS) is 14.8. The van der Waals surface area contributed by atoms with E-state index < -0.39 is 194 Å². The number of aromatic amines is 1. The molecule has 38 nitrogen and oxygen atoms in total. The number of imidazole rings is 1. The van der Waals surface area contributed by atoms with Gasteiger partial charge >= 0.3 is 11.9 Å². The number of carboxylic acids is 2. The van der Waals surface area contributed by atoms with Crippen molar-refractivity contribution >= 4 is 88.7 Å². The Morgan fingerprint density at radius 3 is 1.34 bits per heavy atom. The summed E-state index contributed by atoms with van der Waals surface area (Å²) in [5, 5.41) is 98.1. The number of nitrogens with two attached hydrogens (primary N) is 1. The second kappa shape index (κ2) is 41.8. The Morgan fingerprint density at radius 2 is 0.890 bits per heavy atom. The lowest BCUT2D eigenvalue weighted by atomic mass is 10.00. The summed E-state index contributed by atoms with van der Waals surface area (Å²) in [5.41, 5.74) is 7.42. The van der Waals surface area contributed by atoms with Crippen LogP contribution in [0.3, 0.4) is 0 Å². The molecule has 38 heteroatoms.